The van der Waals surface area contributed by atoms with Gasteiger partial charge in [-0.15, -0.1) is 11.3 Å². The molecule has 0 radical (unpaired) electrons. The average Bonchev–Trinajstić information content (AvgIpc) is 1.56. The molecule has 0 bridgehead atoms. The van der Waals surface area contributed by atoms with Crippen LogP contribution in [0.2, 0.25) is 0 Å². The van der Waals surface area contributed by atoms with Crippen LogP contribution >= 0.6 is 11.3 Å². The molecule has 28 aromatic rings. The summed E-state index contributed by atoms with van der Waals surface area (Å²) in [4.78, 5) is 34.8. The molecule has 0 amide bonds. The molecule has 670 valence electrons. The first-order valence-corrected chi connectivity index (χ1v) is 48.2. The SMILES string of the molecule is N#Cc1ccc(-c2nc(-c3ccccc3)nc(-c3ccc(-n4c5ccccc5c5ccc6c7ccccc7oc6c54)cc3)n2)cc1.N#Cc1cccc(-c2cc(-c3ccccc3)nc(-c3ccc(-n4c5ccc(-c6ccccc6)cc5c5ccc6c7ccccc7oc6c54)cc3)n2)c1.N#Cc1cccc(-c2cc(-c3ccccc3)nc(-c3cccc(-n4c5ccccc5c5cc6sc7ccccc7c6cc54)c3)n2)c1. The highest BCUT2D eigenvalue weighted by molar-refractivity contribution is 7.25. The summed E-state index contributed by atoms with van der Waals surface area (Å²) in [5.74, 6) is 2.95. The zero-order valence-corrected chi connectivity index (χ0v) is 77.7. The van der Waals surface area contributed by atoms with Crippen LogP contribution in [0.15, 0.2) is 464 Å². The van der Waals surface area contributed by atoms with Crippen molar-refractivity contribution in [2.45, 2.75) is 0 Å². The lowest BCUT2D eigenvalue weighted by Gasteiger charge is -2.12. The van der Waals surface area contributed by atoms with E-state index >= 15 is 0 Å². The lowest BCUT2D eigenvalue weighted by molar-refractivity contribution is 0.670. The van der Waals surface area contributed by atoms with Crippen molar-refractivity contribution in [2.24, 2.45) is 0 Å². The monoisotopic (exact) mass is 1860 g/mol. The van der Waals surface area contributed by atoms with Crippen molar-refractivity contribution >= 4 is 141 Å². The van der Waals surface area contributed by atoms with Crippen molar-refractivity contribution in [3.8, 4) is 148 Å². The summed E-state index contributed by atoms with van der Waals surface area (Å²) in [5.41, 5.74) is 28.6. The first-order chi connectivity index (χ1) is 71.2. The molecule has 144 heavy (non-hydrogen) atoms. The summed E-state index contributed by atoms with van der Waals surface area (Å²) in [7, 11) is 0. The number of fused-ring (bicyclic) bond motifs is 20. The summed E-state index contributed by atoms with van der Waals surface area (Å²) in [6.07, 6.45) is 0. The van der Waals surface area contributed by atoms with Crippen LogP contribution in [0.3, 0.4) is 0 Å². The third kappa shape index (κ3) is 15.1. The number of hydrogen-bond acceptors (Lipinski definition) is 13. The maximum absolute atomic E-state index is 9.58. The highest BCUT2D eigenvalue weighted by Gasteiger charge is 2.26. The van der Waals surface area contributed by atoms with Crippen molar-refractivity contribution in [2.75, 3.05) is 0 Å². The molecule has 0 fully saturated rings. The Balaban J connectivity index is 0.000000110. The first kappa shape index (κ1) is 84.5. The van der Waals surface area contributed by atoms with E-state index in [4.69, 9.17) is 43.7 Å². The molecule has 9 aromatic heterocycles. The quantitative estimate of drug-likeness (QED) is 0.106. The smallest absolute Gasteiger partial charge is 0.164 e. The molecule has 0 aliphatic carbocycles. The van der Waals surface area contributed by atoms with Crippen LogP contribution in [-0.2, 0) is 0 Å². The zero-order chi connectivity index (χ0) is 95.8. The predicted molar refractivity (Wildman–Crippen MR) is 583 cm³/mol. The standard InChI is InChI=1S/C47H28N4O.C41H24N4S.C40H23N5O/c48-29-30-10-9-15-35(26-30)42-28-41(32-13-5-2-6-14-32)49-47(50-42)33-18-21-36(22-19-33)51-43-25-20-34(31-11-3-1-4-12-31)27-40(43)38-23-24-39-37-16-7-8-17-44(37)52-46(39)45(38)51;42-25-26-10-8-13-28(20-26)36-24-35(27-11-2-1-3-12-27)43-41(44-36)29-14-9-15-30(21-29)45-37-18-6-4-16-31(37)33-23-40-34(22-38(33)45)32-17-5-7-19-39(32)46-40;41-24-25-14-16-27(17-15-25)39-42-38(26-8-2-1-3-9-26)43-40(44-39)28-18-20-29(21-19-28)45-34-12-6-4-10-30(34)32-22-23-33-31-11-5-7-13-35(31)46-37(33)36(32)45/h1-28H;1-24H;1-23H. The van der Waals surface area contributed by atoms with Gasteiger partial charge in [-0.05, 0) is 199 Å². The molecule has 0 saturated carbocycles. The van der Waals surface area contributed by atoms with E-state index in [1.54, 1.807) is 18.2 Å². The largest absolute Gasteiger partial charge is 0.454 e. The van der Waals surface area contributed by atoms with Gasteiger partial charge in [-0.1, -0.05) is 267 Å². The maximum Gasteiger partial charge on any atom is 0.164 e. The number of nitrogens with zero attached hydrogens (tertiary/aromatic N) is 13. The highest BCUT2D eigenvalue weighted by atomic mass is 32.1. The number of furan rings is 2. The fourth-order valence-electron chi connectivity index (χ4n) is 20.1. The fraction of sp³-hybridized carbons (Fsp3) is 0. The van der Waals surface area contributed by atoms with Crippen LogP contribution in [0.5, 0.6) is 0 Å². The minimum absolute atomic E-state index is 0.548. The Kier molecular flexibility index (Phi) is 20.9. The van der Waals surface area contributed by atoms with E-state index in [1.165, 1.54) is 53.0 Å². The molecular weight excluding hydrogens is 1780 g/mol. The lowest BCUT2D eigenvalue weighted by Crippen LogP contribution is -2.00. The average molecular weight is 1860 g/mol. The number of rotatable bonds is 13. The van der Waals surface area contributed by atoms with Gasteiger partial charge in [0.1, 0.15) is 11.2 Å². The number of benzene rings is 19. The Morgan fingerprint density at radius 2 is 0.569 bits per heavy atom. The van der Waals surface area contributed by atoms with Crippen LogP contribution in [0.25, 0.3) is 260 Å². The summed E-state index contributed by atoms with van der Waals surface area (Å²) < 4.78 is 22.7. The van der Waals surface area contributed by atoms with E-state index in [-0.39, 0.29) is 0 Å². The molecule has 19 aromatic carbocycles. The van der Waals surface area contributed by atoms with E-state index in [2.05, 4.69) is 299 Å². The van der Waals surface area contributed by atoms with E-state index in [0.29, 0.717) is 45.8 Å². The second-order valence-corrected chi connectivity index (χ2v) is 36.6. The number of hydrogen-bond donors (Lipinski definition) is 0. The predicted octanol–water partition coefficient (Wildman–Crippen LogP) is 32.6. The van der Waals surface area contributed by atoms with Crippen molar-refractivity contribution in [1.29, 1.82) is 15.8 Å². The van der Waals surface area contributed by atoms with Gasteiger partial charge in [0.2, 0.25) is 0 Å². The summed E-state index contributed by atoms with van der Waals surface area (Å²) in [6.45, 7) is 0. The second-order valence-electron chi connectivity index (χ2n) is 35.5. The molecular formula is C128H75N13O2S. The minimum Gasteiger partial charge on any atom is -0.454 e. The number of aromatic nitrogens is 10. The number of thiophene rings is 1. The molecule has 0 unspecified atom stereocenters. The summed E-state index contributed by atoms with van der Waals surface area (Å²) in [5, 5.41) is 42.4. The first-order valence-electron chi connectivity index (χ1n) is 47.4. The van der Waals surface area contributed by atoms with Gasteiger partial charge < -0.3 is 22.5 Å². The molecule has 0 saturated heterocycles. The van der Waals surface area contributed by atoms with Crippen LogP contribution in [0.1, 0.15) is 16.7 Å². The fourth-order valence-corrected chi connectivity index (χ4v) is 21.3. The van der Waals surface area contributed by atoms with Gasteiger partial charge in [-0.2, -0.15) is 15.8 Å². The number of nitriles is 3. The third-order valence-corrected chi connectivity index (χ3v) is 28.1. The van der Waals surface area contributed by atoms with Gasteiger partial charge in [0.25, 0.3) is 0 Å². The van der Waals surface area contributed by atoms with E-state index in [9.17, 15) is 15.8 Å². The van der Waals surface area contributed by atoms with Crippen LogP contribution < -0.4 is 0 Å². The van der Waals surface area contributed by atoms with E-state index < -0.39 is 0 Å². The van der Waals surface area contributed by atoms with Gasteiger partial charge in [0, 0.05) is 141 Å². The second kappa shape index (κ2) is 35.6. The van der Waals surface area contributed by atoms with Crippen LogP contribution in [-0.4, -0.2) is 48.6 Å². The molecule has 0 spiro atoms. The van der Waals surface area contributed by atoms with E-state index in [0.717, 1.165) is 178 Å². The minimum atomic E-state index is 0.548. The maximum atomic E-state index is 9.58. The topological polar surface area (TPSA) is 203 Å². The Labute approximate surface area is 828 Å². The Morgan fingerprint density at radius 3 is 1.10 bits per heavy atom. The lowest BCUT2D eigenvalue weighted by atomic mass is 10.0. The van der Waals surface area contributed by atoms with Gasteiger partial charge in [0.15, 0.2) is 40.3 Å². The van der Waals surface area contributed by atoms with Crippen molar-refractivity contribution in [1.82, 2.24) is 48.6 Å². The molecule has 0 aliphatic heterocycles. The van der Waals surface area contributed by atoms with Gasteiger partial charge in [-0.25, -0.2) is 34.9 Å². The normalized spacial score (nSPS) is 11.5. The molecule has 28 rings (SSSR count). The summed E-state index contributed by atoms with van der Waals surface area (Å²) in [6, 6.07) is 161. The molecule has 0 atom stereocenters. The van der Waals surface area contributed by atoms with E-state index in [1.807, 2.05) is 181 Å². The van der Waals surface area contributed by atoms with Gasteiger partial charge in [-0.3, -0.25) is 0 Å². The van der Waals surface area contributed by atoms with Crippen molar-refractivity contribution in [3.63, 3.8) is 0 Å². The third-order valence-electron chi connectivity index (χ3n) is 27.0. The Bertz CT molecular complexity index is 10100. The zero-order valence-electron chi connectivity index (χ0n) is 76.8. The highest BCUT2D eigenvalue weighted by Crippen LogP contribution is 2.47. The van der Waals surface area contributed by atoms with Crippen molar-refractivity contribution < 1.29 is 8.83 Å². The van der Waals surface area contributed by atoms with Gasteiger partial charge >= 0.3 is 0 Å². The van der Waals surface area contributed by atoms with Crippen molar-refractivity contribution in [3.05, 3.63) is 472 Å². The molecule has 0 N–H and O–H groups in total. The molecule has 15 nitrogen and oxygen atoms in total. The Morgan fingerprint density at radius 1 is 0.194 bits per heavy atom. The van der Waals surface area contributed by atoms with Crippen LogP contribution in [0.4, 0.5) is 0 Å². The summed E-state index contributed by atoms with van der Waals surface area (Å²) >= 11 is 1.85. The molecule has 9 heterocycles. The molecule has 0 aliphatic rings. The van der Waals surface area contributed by atoms with Gasteiger partial charge in [0.05, 0.1) is 90.8 Å². The number of para-hydroxylation sites is 4. The Hall–Kier alpha value is -20.0. The van der Waals surface area contributed by atoms with Crippen LogP contribution in [0, 0.1) is 34.0 Å². The molecule has 16 heteroatoms.